The van der Waals surface area contributed by atoms with Gasteiger partial charge in [0.2, 0.25) is 11.7 Å². The fourth-order valence-corrected chi connectivity index (χ4v) is 10.0. The maximum atomic E-state index is 14.1. The van der Waals surface area contributed by atoms with E-state index in [4.69, 9.17) is 11.6 Å². The van der Waals surface area contributed by atoms with E-state index >= 15 is 0 Å². The van der Waals surface area contributed by atoms with Crippen LogP contribution in [0.4, 0.5) is 35.9 Å². The molecule has 12 rings (SSSR count). The first-order chi connectivity index (χ1) is 40.0. The lowest BCUT2D eigenvalue weighted by atomic mass is 9.94. The maximum absolute atomic E-state index is 14.1. The molecular formula is C63H68ClF3N12O4. The Morgan fingerprint density at radius 3 is 1.61 bits per heavy atom. The molecule has 2 saturated heterocycles. The first-order valence-electron chi connectivity index (χ1n) is 27.6. The Labute approximate surface area is 485 Å². The van der Waals surface area contributed by atoms with Crippen molar-refractivity contribution in [1.29, 1.82) is 0 Å². The van der Waals surface area contributed by atoms with E-state index in [0.717, 1.165) is 96.0 Å². The number of likely N-dealkylation sites (tertiary alicyclic amines) is 2. The molecule has 0 saturated carbocycles. The summed E-state index contributed by atoms with van der Waals surface area (Å²) >= 11 is 5.07. The molecule has 0 atom stereocenters. The molecule has 0 radical (unpaired) electrons. The van der Waals surface area contributed by atoms with Gasteiger partial charge in [-0.05, 0) is 161 Å². The van der Waals surface area contributed by atoms with Gasteiger partial charge < -0.3 is 46.0 Å². The first-order valence-corrected chi connectivity index (χ1v) is 28.0. The molecule has 16 nitrogen and oxygen atoms in total. The fourth-order valence-electron chi connectivity index (χ4n) is 9.90. The molecule has 0 bridgehead atoms. The average molecular weight is 1150 g/mol. The molecule has 4 aliphatic rings. The van der Waals surface area contributed by atoms with E-state index < -0.39 is 16.9 Å². The lowest BCUT2D eigenvalue weighted by Gasteiger charge is -2.32. The zero-order valence-corrected chi connectivity index (χ0v) is 47.8. The van der Waals surface area contributed by atoms with Crippen molar-refractivity contribution in [3.63, 3.8) is 0 Å². The average Bonchev–Trinajstić information content (AvgIpc) is 3.60. The second kappa shape index (κ2) is 28.9. The van der Waals surface area contributed by atoms with E-state index in [9.17, 15) is 32.3 Å². The van der Waals surface area contributed by atoms with Crippen molar-refractivity contribution in [2.75, 3.05) is 60.5 Å². The quantitative estimate of drug-likeness (QED) is 0.0368. The third kappa shape index (κ3) is 17.0. The lowest BCUT2D eigenvalue weighted by molar-refractivity contribution is -0.115. The number of H-pyrrole nitrogens is 3. The number of benzene rings is 5. The Kier molecular flexibility index (Phi) is 21.0. The molecule has 0 unspecified atom stereocenters. The monoisotopic (exact) mass is 1150 g/mol. The van der Waals surface area contributed by atoms with E-state index in [1.54, 1.807) is 50.0 Å². The third-order valence-electron chi connectivity index (χ3n) is 14.3. The molecule has 7 N–H and O–H groups in total. The summed E-state index contributed by atoms with van der Waals surface area (Å²) < 4.78 is 39.3. The van der Waals surface area contributed by atoms with Crippen LogP contribution in [0.2, 0.25) is 0 Å². The Morgan fingerprint density at radius 2 is 1.13 bits per heavy atom. The number of anilines is 4. The number of carbonyl (C=O) groups is 4. The summed E-state index contributed by atoms with van der Waals surface area (Å²) in [5.41, 5.74) is 10.7. The molecular weight excluding hydrogens is 1080 g/mol. The van der Waals surface area contributed by atoms with Crippen LogP contribution < -0.4 is 21.3 Å². The SMILES string of the molecule is CCN1CCC(Nc2ccc3c(c2)/C(=C(\c2cccc(F)c2)c2ncc(C)[nH]2)C(=O)N3)CC1.CCN1CCC(Nc2ccc3c(c2)CC(=O)N3)CC1.Cc1cnc(C(=O)c2cccc(F)c2)[nH]1.Cc1cnc[nH]1.O=C(Cl)c1cccc(F)c1. The van der Waals surface area contributed by atoms with E-state index in [1.165, 1.54) is 74.5 Å². The lowest BCUT2D eigenvalue weighted by Crippen LogP contribution is -2.38. The number of ketones is 1. The molecule has 5 aromatic carbocycles. The fraction of sp³-hybridized carbons (Fsp3) is 0.286. The number of nitrogens with zero attached hydrogens (tertiary/aromatic N) is 5. The summed E-state index contributed by atoms with van der Waals surface area (Å²) in [7, 11) is 0. The number of halogens is 4. The van der Waals surface area contributed by atoms with Gasteiger partial charge in [-0.1, -0.05) is 44.2 Å². The van der Waals surface area contributed by atoms with Gasteiger partial charge in [-0.25, -0.2) is 28.1 Å². The van der Waals surface area contributed by atoms with Gasteiger partial charge >= 0.3 is 0 Å². The van der Waals surface area contributed by atoms with Gasteiger partial charge in [0.25, 0.3) is 11.1 Å². The topological polar surface area (TPSA) is 209 Å². The summed E-state index contributed by atoms with van der Waals surface area (Å²) in [6, 6.07) is 30.2. The van der Waals surface area contributed by atoms with Crippen LogP contribution in [0.25, 0.3) is 11.1 Å². The van der Waals surface area contributed by atoms with Crippen LogP contribution in [-0.4, -0.2) is 114 Å². The third-order valence-corrected chi connectivity index (χ3v) is 14.5. The molecule has 432 valence electrons. The number of aryl methyl sites for hydroxylation is 3. The Bertz CT molecular complexity index is 3550. The van der Waals surface area contributed by atoms with Crippen molar-refractivity contribution < 1.29 is 32.3 Å². The van der Waals surface area contributed by atoms with Gasteiger partial charge in [0, 0.05) is 119 Å². The highest BCUT2D eigenvalue weighted by atomic mass is 35.5. The maximum Gasteiger partial charge on any atom is 0.257 e. The number of aromatic nitrogens is 6. The van der Waals surface area contributed by atoms with Gasteiger partial charge in [-0.2, -0.15) is 0 Å². The molecule has 20 heteroatoms. The number of imidazole rings is 3. The summed E-state index contributed by atoms with van der Waals surface area (Å²) in [5.74, 6) is -0.880. The zero-order valence-electron chi connectivity index (χ0n) is 47.0. The summed E-state index contributed by atoms with van der Waals surface area (Å²) in [4.78, 5) is 72.6. The Morgan fingerprint density at radius 1 is 0.614 bits per heavy atom. The Hall–Kier alpha value is -8.65. The van der Waals surface area contributed by atoms with E-state index in [0.29, 0.717) is 46.6 Å². The summed E-state index contributed by atoms with van der Waals surface area (Å²) in [5, 5.41) is 12.5. The van der Waals surface area contributed by atoms with Crippen LogP contribution in [0.1, 0.15) is 106 Å². The molecule has 3 aromatic heterocycles. The largest absolute Gasteiger partial charge is 0.382 e. The van der Waals surface area contributed by atoms with Crippen molar-refractivity contribution in [3.05, 3.63) is 208 Å². The van der Waals surface area contributed by atoms with E-state index in [2.05, 4.69) is 87.0 Å². The number of carbonyl (C=O) groups excluding carboxylic acids is 4. The minimum Gasteiger partial charge on any atom is -0.382 e. The standard InChI is InChI=1S/C26H28FN5O.C15H21N3O.C11H9FN2O.C7H4ClFO.C4H6N2/c1-3-32-11-9-19(10-12-32)30-20-7-8-22-21(14-20)24(26(33)31-22)23(25-28-15-16(2)29-25)17-5-4-6-18(27)13-17;1-2-18-7-5-12(6-8-18)16-13-3-4-14-11(9-13)10-15(19)17-14;1-7-6-13-11(14-7)10(15)8-3-2-4-9(12)5-8;8-7(10)5-2-1-3-6(9)4-5;1-4-2-5-3-6-4/h4-8,13-15,19,30H,3,9-12H2,1-2H3,(H,28,29)(H,31,33);3-4,9,12,16H,2,5-8,10H2,1H3,(H,17,19);2-6H,1H3,(H,13,14);1-4H;2-3H,1H3,(H,5,6)/b24-23-;;;;. The van der Waals surface area contributed by atoms with Gasteiger partial charge in [0.15, 0.2) is 5.82 Å². The van der Waals surface area contributed by atoms with Crippen LogP contribution in [-0.2, 0) is 16.0 Å². The number of hydrogen-bond acceptors (Lipinski definition) is 11. The molecule has 7 heterocycles. The van der Waals surface area contributed by atoms with Crippen molar-refractivity contribution in [1.82, 2.24) is 39.7 Å². The first kappa shape index (κ1) is 60.4. The van der Waals surface area contributed by atoms with E-state index in [-0.39, 0.29) is 34.8 Å². The number of amides is 2. The van der Waals surface area contributed by atoms with Gasteiger partial charge in [-0.15, -0.1) is 0 Å². The highest BCUT2D eigenvalue weighted by Crippen LogP contribution is 2.41. The molecule has 83 heavy (non-hydrogen) atoms. The highest BCUT2D eigenvalue weighted by Gasteiger charge is 2.31. The van der Waals surface area contributed by atoms with Crippen LogP contribution in [0.3, 0.4) is 0 Å². The van der Waals surface area contributed by atoms with Crippen molar-refractivity contribution >= 4 is 68.3 Å². The van der Waals surface area contributed by atoms with Gasteiger partial charge in [-0.3, -0.25) is 19.2 Å². The molecule has 2 amide bonds. The van der Waals surface area contributed by atoms with Gasteiger partial charge in [0.05, 0.1) is 18.3 Å². The normalized spacial score (nSPS) is 15.5. The minimum atomic E-state index is -0.639. The van der Waals surface area contributed by atoms with Crippen LogP contribution in [0.15, 0.2) is 134 Å². The molecule has 4 aliphatic heterocycles. The number of hydrogen-bond donors (Lipinski definition) is 7. The zero-order chi connectivity index (χ0) is 59.0. The number of fused-ring (bicyclic) bond motifs is 2. The van der Waals surface area contributed by atoms with E-state index in [1.807, 2.05) is 38.1 Å². The predicted octanol–water partition coefficient (Wildman–Crippen LogP) is 11.8. The predicted molar refractivity (Wildman–Crippen MR) is 320 cm³/mol. The molecule has 2 fully saturated rings. The van der Waals surface area contributed by atoms with Crippen molar-refractivity contribution in [3.8, 4) is 0 Å². The second-order valence-electron chi connectivity index (χ2n) is 20.5. The smallest absolute Gasteiger partial charge is 0.257 e. The van der Waals surface area contributed by atoms with Crippen molar-refractivity contribution in [2.45, 2.75) is 78.8 Å². The van der Waals surface area contributed by atoms with Gasteiger partial charge in [0.1, 0.15) is 23.3 Å². The van der Waals surface area contributed by atoms with Crippen LogP contribution in [0.5, 0.6) is 0 Å². The highest BCUT2D eigenvalue weighted by molar-refractivity contribution is 6.67. The van der Waals surface area contributed by atoms with Crippen molar-refractivity contribution in [2.24, 2.45) is 0 Å². The molecule has 8 aromatic rings. The Balaban J connectivity index is 0.000000152. The molecule has 0 aliphatic carbocycles. The summed E-state index contributed by atoms with van der Waals surface area (Å²) in [6.07, 6.45) is 11.8. The number of rotatable bonds is 11. The number of nitrogens with one attached hydrogen (secondary N) is 7. The molecule has 0 spiro atoms. The van der Waals surface area contributed by atoms with Crippen LogP contribution in [0, 0.1) is 38.2 Å². The minimum absolute atomic E-state index is 0.100. The summed E-state index contributed by atoms with van der Waals surface area (Å²) in [6.45, 7) is 16.9. The number of piperidine rings is 2. The van der Waals surface area contributed by atoms with Crippen LogP contribution >= 0.6 is 11.6 Å². The number of aromatic amines is 3. The second-order valence-corrected chi connectivity index (χ2v) is 20.8.